The third-order valence-electron chi connectivity index (χ3n) is 5.82. The molecule has 34 heavy (non-hydrogen) atoms. The molecule has 6 nitrogen and oxygen atoms in total. The van der Waals surface area contributed by atoms with Crippen LogP contribution in [0.3, 0.4) is 0 Å². The zero-order valence-corrected chi connectivity index (χ0v) is 20.1. The fourth-order valence-corrected chi connectivity index (χ4v) is 4.96. The van der Waals surface area contributed by atoms with Gasteiger partial charge in [-0.15, -0.1) is 10.2 Å². The lowest BCUT2D eigenvalue weighted by molar-refractivity contribution is -0.0498. The number of nitrogens with zero attached hydrogens (tertiary/aromatic N) is 4. The molecule has 2 heterocycles. The second-order valence-electron chi connectivity index (χ2n) is 8.43. The van der Waals surface area contributed by atoms with Crippen LogP contribution in [0.5, 0.6) is 5.75 Å². The van der Waals surface area contributed by atoms with Gasteiger partial charge in [-0.25, -0.2) is 0 Å². The number of benzene rings is 2. The minimum absolute atomic E-state index is 0.0119. The third-order valence-corrected chi connectivity index (χ3v) is 6.86. The van der Waals surface area contributed by atoms with E-state index in [2.05, 4.69) is 19.8 Å². The number of ether oxygens (including phenoxy) is 1. The van der Waals surface area contributed by atoms with Crippen molar-refractivity contribution in [2.24, 2.45) is 0 Å². The normalized spacial score (nSPS) is 15.4. The highest BCUT2D eigenvalue weighted by Crippen LogP contribution is 2.29. The van der Waals surface area contributed by atoms with Gasteiger partial charge in [-0.1, -0.05) is 48.0 Å². The standard InChI is InChI=1S/C25H28F2N4O2S/c1-17-6-8-19(9-7-17)23(32)18(2)34-25-29-28-22(16-30-14-4-3-5-15-30)31(25)20-10-12-21(13-11-20)33-24(26)27/h6-13,18,24H,3-5,14-16H2,1-2H3. The van der Waals surface area contributed by atoms with E-state index in [9.17, 15) is 13.6 Å². The van der Waals surface area contributed by atoms with Crippen LogP contribution in [0.15, 0.2) is 53.7 Å². The zero-order valence-electron chi connectivity index (χ0n) is 19.3. The number of carbonyl (C=O) groups excluding carboxylic acids is 1. The molecule has 1 saturated heterocycles. The van der Waals surface area contributed by atoms with Gasteiger partial charge in [-0.3, -0.25) is 14.3 Å². The largest absolute Gasteiger partial charge is 0.435 e. The van der Waals surface area contributed by atoms with E-state index in [1.165, 1.54) is 30.3 Å². The molecule has 3 aromatic rings. The van der Waals surface area contributed by atoms with E-state index >= 15 is 0 Å². The van der Waals surface area contributed by atoms with E-state index < -0.39 is 6.61 Å². The maximum atomic E-state index is 13.0. The SMILES string of the molecule is Cc1ccc(C(=O)C(C)Sc2nnc(CN3CCCCC3)n2-c2ccc(OC(F)F)cc2)cc1. The molecule has 0 radical (unpaired) electrons. The molecular weight excluding hydrogens is 458 g/mol. The van der Waals surface area contributed by atoms with Gasteiger partial charge in [0, 0.05) is 11.3 Å². The van der Waals surface area contributed by atoms with Crippen molar-refractivity contribution in [3.05, 3.63) is 65.5 Å². The number of Topliss-reactive ketones (excluding diaryl/α,β-unsaturated/α-hetero) is 1. The number of halogens is 2. The number of carbonyl (C=O) groups is 1. The molecule has 9 heteroatoms. The first kappa shape index (κ1) is 24.3. The molecule has 0 bridgehead atoms. The number of ketones is 1. The quantitative estimate of drug-likeness (QED) is 0.293. The molecular formula is C25H28F2N4O2S. The van der Waals surface area contributed by atoms with Gasteiger partial charge >= 0.3 is 6.61 Å². The Bertz CT molecular complexity index is 1100. The van der Waals surface area contributed by atoms with Crippen LogP contribution in [-0.4, -0.2) is 50.4 Å². The molecule has 1 aliphatic rings. The minimum atomic E-state index is -2.88. The summed E-state index contributed by atoms with van der Waals surface area (Å²) in [7, 11) is 0. The maximum absolute atomic E-state index is 13.0. The molecule has 2 aromatic carbocycles. The Hall–Kier alpha value is -2.78. The molecule has 0 aliphatic carbocycles. The summed E-state index contributed by atoms with van der Waals surface area (Å²) in [4.78, 5) is 15.3. The van der Waals surface area contributed by atoms with Crippen molar-refractivity contribution < 1.29 is 18.3 Å². The first-order valence-electron chi connectivity index (χ1n) is 11.4. The van der Waals surface area contributed by atoms with Crippen LogP contribution in [0.4, 0.5) is 8.78 Å². The van der Waals surface area contributed by atoms with Crippen molar-refractivity contribution >= 4 is 17.5 Å². The highest BCUT2D eigenvalue weighted by Gasteiger charge is 2.23. The van der Waals surface area contributed by atoms with Gasteiger partial charge in [0.15, 0.2) is 16.8 Å². The van der Waals surface area contributed by atoms with Gasteiger partial charge in [-0.05, 0) is 64.0 Å². The van der Waals surface area contributed by atoms with Crippen molar-refractivity contribution in [2.75, 3.05) is 13.1 Å². The van der Waals surface area contributed by atoms with E-state index in [4.69, 9.17) is 0 Å². The highest BCUT2D eigenvalue weighted by molar-refractivity contribution is 8.00. The van der Waals surface area contributed by atoms with Crippen molar-refractivity contribution in [1.82, 2.24) is 19.7 Å². The Morgan fingerprint density at radius 2 is 1.71 bits per heavy atom. The lowest BCUT2D eigenvalue weighted by atomic mass is 10.1. The van der Waals surface area contributed by atoms with Crippen molar-refractivity contribution in [3.63, 3.8) is 0 Å². The van der Waals surface area contributed by atoms with Crippen molar-refractivity contribution in [3.8, 4) is 11.4 Å². The van der Waals surface area contributed by atoms with Crippen molar-refractivity contribution in [1.29, 1.82) is 0 Å². The number of hydrogen-bond acceptors (Lipinski definition) is 6. The Morgan fingerprint density at radius 1 is 1.03 bits per heavy atom. The smallest absolute Gasteiger partial charge is 0.387 e. The molecule has 0 amide bonds. The lowest BCUT2D eigenvalue weighted by Gasteiger charge is -2.26. The van der Waals surface area contributed by atoms with E-state index in [0.29, 0.717) is 17.3 Å². The number of alkyl halides is 2. The van der Waals surface area contributed by atoms with E-state index in [0.717, 1.165) is 43.0 Å². The summed E-state index contributed by atoms with van der Waals surface area (Å²) in [5.74, 6) is 0.848. The summed E-state index contributed by atoms with van der Waals surface area (Å²) in [6.07, 6.45) is 3.53. The van der Waals surface area contributed by atoms with Crippen LogP contribution < -0.4 is 4.74 Å². The molecule has 1 atom stereocenters. The van der Waals surface area contributed by atoms with E-state index in [1.54, 1.807) is 12.1 Å². The lowest BCUT2D eigenvalue weighted by Crippen LogP contribution is -2.30. The number of likely N-dealkylation sites (tertiary alicyclic amines) is 1. The van der Waals surface area contributed by atoms with Crippen LogP contribution in [0, 0.1) is 6.92 Å². The number of aryl methyl sites for hydroxylation is 1. The molecule has 0 saturated carbocycles. The van der Waals surface area contributed by atoms with Gasteiger partial charge in [0.1, 0.15) is 5.75 Å². The number of piperidine rings is 1. The average molecular weight is 487 g/mol. The maximum Gasteiger partial charge on any atom is 0.387 e. The Kier molecular flexibility index (Phi) is 7.95. The monoisotopic (exact) mass is 486 g/mol. The van der Waals surface area contributed by atoms with E-state index in [-0.39, 0.29) is 16.8 Å². The average Bonchev–Trinajstić information content (AvgIpc) is 3.21. The van der Waals surface area contributed by atoms with Gasteiger partial charge < -0.3 is 4.74 Å². The fraction of sp³-hybridized carbons (Fsp3) is 0.400. The van der Waals surface area contributed by atoms with Crippen LogP contribution in [-0.2, 0) is 6.54 Å². The summed E-state index contributed by atoms with van der Waals surface area (Å²) in [6.45, 7) is 3.59. The zero-order chi connectivity index (χ0) is 24.1. The van der Waals surface area contributed by atoms with Gasteiger partial charge in [0.25, 0.3) is 0 Å². The van der Waals surface area contributed by atoms with Crippen LogP contribution >= 0.6 is 11.8 Å². The van der Waals surface area contributed by atoms with Gasteiger partial charge in [0.2, 0.25) is 0 Å². The topological polar surface area (TPSA) is 60.2 Å². The summed E-state index contributed by atoms with van der Waals surface area (Å²) >= 11 is 1.34. The van der Waals surface area contributed by atoms with E-state index in [1.807, 2.05) is 42.7 Å². The Morgan fingerprint density at radius 3 is 2.35 bits per heavy atom. The predicted molar refractivity (Wildman–Crippen MR) is 128 cm³/mol. The van der Waals surface area contributed by atoms with Crippen LogP contribution in [0.1, 0.15) is 47.9 Å². The summed E-state index contributed by atoms with van der Waals surface area (Å²) in [6, 6.07) is 13.9. The molecule has 1 aliphatic heterocycles. The minimum Gasteiger partial charge on any atom is -0.435 e. The molecule has 4 rings (SSSR count). The first-order chi connectivity index (χ1) is 16.4. The second kappa shape index (κ2) is 11.1. The van der Waals surface area contributed by atoms with Gasteiger partial charge in [0.05, 0.1) is 11.8 Å². The molecule has 0 spiro atoms. The molecule has 180 valence electrons. The molecule has 1 fully saturated rings. The number of thioether (sulfide) groups is 1. The molecule has 1 unspecified atom stereocenters. The molecule has 1 aromatic heterocycles. The van der Waals surface area contributed by atoms with Crippen LogP contribution in [0.2, 0.25) is 0 Å². The Balaban J connectivity index is 1.60. The second-order valence-corrected chi connectivity index (χ2v) is 9.74. The van der Waals surface area contributed by atoms with Gasteiger partial charge in [-0.2, -0.15) is 8.78 Å². The summed E-state index contributed by atoms with van der Waals surface area (Å²) < 4.78 is 31.5. The van der Waals surface area contributed by atoms with Crippen molar-refractivity contribution in [2.45, 2.75) is 56.7 Å². The molecule has 0 N–H and O–H groups in total. The highest BCUT2D eigenvalue weighted by atomic mass is 32.2. The predicted octanol–water partition coefficient (Wildman–Crippen LogP) is 5.53. The first-order valence-corrected chi connectivity index (χ1v) is 12.3. The van der Waals surface area contributed by atoms with Crippen LogP contribution in [0.25, 0.3) is 5.69 Å². The third kappa shape index (κ3) is 6.01. The Labute approximate surface area is 202 Å². The summed E-state index contributed by atoms with van der Waals surface area (Å²) in [5.41, 5.74) is 2.48. The number of rotatable bonds is 9. The fourth-order valence-electron chi connectivity index (χ4n) is 4.00. The number of aromatic nitrogens is 3. The number of hydrogen-bond donors (Lipinski definition) is 0. The summed E-state index contributed by atoms with van der Waals surface area (Å²) in [5, 5.41) is 9.05.